The van der Waals surface area contributed by atoms with E-state index in [9.17, 15) is 4.79 Å². The van der Waals surface area contributed by atoms with Crippen LogP contribution in [0.15, 0.2) is 34.8 Å². The van der Waals surface area contributed by atoms with Gasteiger partial charge in [-0.1, -0.05) is 28.9 Å². The SMILES string of the molecule is CCC(=O)NCCc1cc(Br)cc2ccc(OC)cc12. The number of hydrogen-bond acceptors (Lipinski definition) is 2. The molecule has 2 aromatic carbocycles. The van der Waals surface area contributed by atoms with E-state index in [4.69, 9.17) is 4.74 Å². The van der Waals surface area contributed by atoms with E-state index in [1.807, 2.05) is 25.1 Å². The average Bonchev–Trinajstić information content (AvgIpc) is 2.46. The topological polar surface area (TPSA) is 38.3 Å². The first kappa shape index (κ1) is 14.9. The molecule has 0 unspecified atom stereocenters. The summed E-state index contributed by atoms with van der Waals surface area (Å²) in [6.07, 6.45) is 1.32. The fourth-order valence-electron chi connectivity index (χ4n) is 2.17. The lowest BCUT2D eigenvalue weighted by Gasteiger charge is -2.10. The summed E-state index contributed by atoms with van der Waals surface area (Å²) in [5.41, 5.74) is 1.20. The number of nitrogens with one attached hydrogen (secondary N) is 1. The Labute approximate surface area is 127 Å². The molecular formula is C16H18BrNO2. The molecule has 20 heavy (non-hydrogen) atoms. The van der Waals surface area contributed by atoms with Crippen molar-refractivity contribution in [3.05, 3.63) is 40.4 Å². The number of ether oxygens (including phenoxy) is 1. The minimum absolute atomic E-state index is 0.0851. The first-order chi connectivity index (χ1) is 9.63. The zero-order chi connectivity index (χ0) is 14.5. The fourth-order valence-corrected chi connectivity index (χ4v) is 2.69. The minimum Gasteiger partial charge on any atom is -0.497 e. The summed E-state index contributed by atoms with van der Waals surface area (Å²) in [7, 11) is 1.67. The molecule has 3 nitrogen and oxygen atoms in total. The maximum absolute atomic E-state index is 11.3. The predicted octanol–water partition coefficient (Wildman–Crippen LogP) is 3.68. The van der Waals surface area contributed by atoms with Crippen LogP contribution in [0.4, 0.5) is 0 Å². The fraction of sp³-hybridized carbons (Fsp3) is 0.312. The van der Waals surface area contributed by atoms with Gasteiger partial charge in [0, 0.05) is 17.4 Å². The molecular weight excluding hydrogens is 318 g/mol. The first-order valence-corrected chi connectivity index (χ1v) is 7.46. The summed E-state index contributed by atoms with van der Waals surface area (Å²) in [4.78, 5) is 11.3. The molecule has 0 fully saturated rings. The molecule has 1 amide bonds. The quantitative estimate of drug-likeness (QED) is 0.905. The molecule has 0 saturated carbocycles. The van der Waals surface area contributed by atoms with Gasteiger partial charge in [0.1, 0.15) is 5.75 Å². The third kappa shape index (κ3) is 3.51. The van der Waals surface area contributed by atoms with Gasteiger partial charge in [-0.3, -0.25) is 4.79 Å². The van der Waals surface area contributed by atoms with Crippen molar-refractivity contribution in [1.29, 1.82) is 0 Å². The third-order valence-electron chi connectivity index (χ3n) is 3.25. The molecule has 0 aromatic heterocycles. The summed E-state index contributed by atoms with van der Waals surface area (Å²) in [6, 6.07) is 10.2. The number of methoxy groups -OCH3 is 1. The maximum Gasteiger partial charge on any atom is 0.219 e. The first-order valence-electron chi connectivity index (χ1n) is 6.67. The number of amides is 1. The van der Waals surface area contributed by atoms with Crippen LogP contribution >= 0.6 is 15.9 Å². The highest BCUT2D eigenvalue weighted by Gasteiger charge is 2.06. The molecule has 0 heterocycles. The standard InChI is InChI=1S/C16H18BrNO2/c1-3-16(19)18-7-6-12-9-13(17)8-11-4-5-14(20-2)10-15(11)12/h4-5,8-10H,3,6-7H2,1-2H3,(H,18,19). The molecule has 0 aliphatic heterocycles. The summed E-state index contributed by atoms with van der Waals surface area (Å²) < 4.78 is 6.33. The number of benzene rings is 2. The van der Waals surface area contributed by atoms with E-state index in [1.54, 1.807) is 7.11 Å². The van der Waals surface area contributed by atoms with Gasteiger partial charge in [0.05, 0.1) is 7.11 Å². The second kappa shape index (κ2) is 6.75. The van der Waals surface area contributed by atoms with Crippen molar-refractivity contribution in [2.75, 3.05) is 13.7 Å². The van der Waals surface area contributed by atoms with Crippen LogP contribution in [0.5, 0.6) is 5.75 Å². The van der Waals surface area contributed by atoms with E-state index in [-0.39, 0.29) is 5.91 Å². The van der Waals surface area contributed by atoms with Crippen LogP contribution in [-0.2, 0) is 11.2 Å². The van der Waals surface area contributed by atoms with Crippen molar-refractivity contribution < 1.29 is 9.53 Å². The van der Waals surface area contributed by atoms with E-state index in [0.29, 0.717) is 13.0 Å². The van der Waals surface area contributed by atoms with E-state index in [1.165, 1.54) is 10.9 Å². The molecule has 1 N–H and O–H groups in total. The second-order valence-electron chi connectivity index (χ2n) is 4.61. The molecule has 106 valence electrons. The molecule has 0 spiro atoms. The van der Waals surface area contributed by atoms with Gasteiger partial charge in [0.2, 0.25) is 5.91 Å². The molecule has 2 rings (SSSR count). The second-order valence-corrected chi connectivity index (χ2v) is 5.52. The molecule has 2 aromatic rings. The van der Waals surface area contributed by atoms with Crippen LogP contribution in [0.2, 0.25) is 0 Å². The van der Waals surface area contributed by atoms with Gasteiger partial charge in [-0.2, -0.15) is 0 Å². The number of rotatable bonds is 5. The van der Waals surface area contributed by atoms with Gasteiger partial charge >= 0.3 is 0 Å². The lowest BCUT2D eigenvalue weighted by atomic mass is 10.0. The van der Waals surface area contributed by atoms with Crippen molar-refractivity contribution in [3.63, 3.8) is 0 Å². The molecule has 0 radical (unpaired) electrons. The summed E-state index contributed by atoms with van der Waals surface area (Å²) in [6.45, 7) is 2.50. The van der Waals surface area contributed by atoms with Gasteiger partial charge < -0.3 is 10.1 Å². The normalized spacial score (nSPS) is 10.6. The average molecular weight is 336 g/mol. The van der Waals surface area contributed by atoms with Gasteiger partial charge in [0.15, 0.2) is 0 Å². The van der Waals surface area contributed by atoms with E-state index < -0.39 is 0 Å². The summed E-state index contributed by atoms with van der Waals surface area (Å²) >= 11 is 3.53. The molecule has 0 aliphatic rings. The van der Waals surface area contributed by atoms with Crippen molar-refractivity contribution in [2.24, 2.45) is 0 Å². The van der Waals surface area contributed by atoms with Crippen molar-refractivity contribution in [2.45, 2.75) is 19.8 Å². The molecule has 0 atom stereocenters. The monoisotopic (exact) mass is 335 g/mol. The minimum atomic E-state index is 0.0851. The zero-order valence-electron chi connectivity index (χ0n) is 11.7. The van der Waals surface area contributed by atoms with E-state index in [0.717, 1.165) is 22.0 Å². The Balaban J connectivity index is 2.28. The third-order valence-corrected chi connectivity index (χ3v) is 3.71. The number of carbonyl (C=O) groups excluding carboxylic acids is 1. The highest BCUT2D eigenvalue weighted by molar-refractivity contribution is 9.10. The number of fused-ring (bicyclic) bond motifs is 1. The Morgan fingerprint density at radius 3 is 2.80 bits per heavy atom. The lowest BCUT2D eigenvalue weighted by molar-refractivity contribution is -0.120. The Morgan fingerprint density at radius 1 is 1.30 bits per heavy atom. The smallest absolute Gasteiger partial charge is 0.219 e. The Hall–Kier alpha value is -1.55. The predicted molar refractivity (Wildman–Crippen MR) is 85.2 cm³/mol. The van der Waals surface area contributed by atoms with Gasteiger partial charge in [0.25, 0.3) is 0 Å². The summed E-state index contributed by atoms with van der Waals surface area (Å²) in [5, 5.41) is 5.24. The molecule has 0 bridgehead atoms. The van der Waals surface area contributed by atoms with E-state index >= 15 is 0 Å². The Morgan fingerprint density at radius 2 is 2.10 bits per heavy atom. The van der Waals surface area contributed by atoms with Gasteiger partial charge in [-0.25, -0.2) is 0 Å². The zero-order valence-corrected chi connectivity index (χ0v) is 13.3. The van der Waals surface area contributed by atoms with Crippen LogP contribution in [0.25, 0.3) is 10.8 Å². The lowest BCUT2D eigenvalue weighted by Crippen LogP contribution is -2.24. The number of halogens is 1. The number of hydrogen-bond donors (Lipinski definition) is 1. The Bertz CT molecular complexity index is 625. The molecule has 4 heteroatoms. The van der Waals surface area contributed by atoms with Crippen LogP contribution in [-0.4, -0.2) is 19.6 Å². The highest BCUT2D eigenvalue weighted by Crippen LogP contribution is 2.28. The van der Waals surface area contributed by atoms with Crippen molar-refractivity contribution in [1.82, 2.24) is 5.32 Å². The highest BCUT2D eigenvalue weighted by atomic mass is 79.9. The van der Waals surface area contributed by atoms with Crippen LogP contribution in [0, 0.1) is 0 Å². The molecule has 0 saturated heterocycles. The van der Waals surface area contributed by atoms with Gasteiger partial charge in [-0.05, 0) is 47.0 Å². The van der Waals surface area contributed by atoms with Crippen LogP contribution in [0.1, 0.15) is 18.9 Å². The number of carbonyl (C=O) groups is 1. The maximum atomic E-state index is 11.3. The van der Waals surface area contributed by atoms with E-state index in [2.05, 4.69) is 33.4 Å². The van der Waals surface area contributed by atoms with Crippen LogP contribution < -0.4 is 10.1 Å². The largest absolute Gasteiger partial charge is 0.497 e. The van der Waals surface area contributed by atoms with Crippen molar-refractivity contribution in [3.8, 4) is 5.75 Å². The Kier molecular flexibility index (Phi) is 5.01. The van der Waals surface area contributed by atoms with Crippen LogP contribution in [0.3, 0.4) is 0 Å². The molecule has 0 aliphatic carbocycles. The van der Waals surface area contributed by atoms with Crippen molar-refractivity contribution >= 4 is 32.6 Å². The van der Waals surface area contributed by atoms with Gasteiger partial charge in [-0.15, -0.1) is 0 Å². The summed E-state index contributed by atoms with van der Waals surface area (Å²) in [5.74, 6) is 0.931.